The first-order valence-electron chi connectivity index (χ1n) is 8.60. The predicted molar refractivity (Wildman–Crippen MR) is 118 cm³/mol. The van der Waals surface area contributed by atoms with E-state index in [1.807, 2.05) is 6.92 Å². The second-order valence-corrected chi connectivity index (χ2v) is 6.60. The smallest absolute Gasteiger partial charge is 0.271 e. The van der Waals surface area contributed by atoms with E-state index in [1.54, 1.807) is 23.1 Å². The standard InChI is InChI=1S/C18H17ClN6O5S/c1-3-24(8-9-31-30-29-20)13-4-7-17(18(11-13)21-12(2)26)23-22-16-6-5-14(25(27)28)10-15(16)19/h4-7,10-11H,3,20H2,1-2H3,(H,21,26). The van der Waals surface area contributed by atoms with Crippen molar-refractivity contribution in [1.82, 2.24) is 0 Å². The molecule has 0 saturated carbocycles. The Balaban J connectivity index is 2.34. The van der Waals surface area contributed by atoms with Crippen LogP contribution in [0.2, 0.25) is 5.02 Å². The van der Waals surface area contributed by atoms with Gasteiger partial charge in [0.1, 0.15) is 23.4 Å². The fourth-order valence-corrected chi connectivity index (χ4v) is 2.74. The van der Waals surface area contributed by atoms with Crippen LogP contribution in [0.15, 0.2) is 46.6 Å². The zero-order valence-corrected chi connectivity index (χ0v) is 17.9. The SMILES string of the molecule is CCN(C#CSOON)c1ccc(N=Nc2ccc([N+](=O)[O-])cc2Cl)c(NC(C)=O)c1. The average Bonchev–Trinajstić information content (AvgIpc) is 2.73. The summed E-state index contributed by atoms with van der Waals surface area (Å²) >= 11 is 6.75. The Labute approximate surface area is 186 Å². The van der Waals surface area contributed by atoms with Crippen molar-refractivity contribution in [2.45, 2.75) is 13.8 Å². The first-order valence-corrected chi connectivity index (χ1v) is 9.72. The van der Waals surface area contributed by atoms with E-state index in [-0.39, 0.29) is 22.3 Å². The molecule has 3 N–H and O–H groups in total. The van der Waals surface area contributed by atoms with Gasteiger partial charge in [0.25, 0.3) is 5.69 Å². The number of amides is 1. The van der Waals surface area contributed by atoms with E-state index in [1.165, 1.54) is 25.1 Å². The summed E-state index contributed by atoms with van der Waals surface area (Å²) in [5.74, 6) is 4.44. The number of nitrogens with one attached hydrogen (secondary N) is 1. The minimum absolute atomic E-state index is 0.0734. The van der Waals surface area contributed by atoms with Crippen LogP contribution < -0.4 is 16.1 Å². The topological polar surface area (TPSA) is 145 Å². The van der Waals surface area contributed by atoms with Gasteiger partial charge >= 0.3 is 0 Å². The van der Waals surface area contributed by atoms with Gasteiger partial charge < -0.3 is 10.2 Å². The number of nitrogens with two attached hydrogens (primary N) is 1. The molecule has 0 atom stereocenters. The lowest BCUT2D eigenvalue weighted by molar-refractivity contribution is -0.384. The quantitative estimate of drug-likeness (QED) is 0.0824. The monoisotopic (exact) mass is 464 g/mol. The largest absolute Gasteiger partial charge is 0.324 e. The van der Waals surface area contributed by atoms with Gasteiger partial charge in [-0.25, -0.2) is 0 Å². The van der Waals surface area contributed by atoms with Crippen molar-refractivity contribution in [3.8, 4) is 11.3 Å². The molecule has 11 nitrogen and oxygen atoms in total. The summed E-state index contributed by atoms with van der Waals surface area (Å²) in [7, 11) is 0. The summed E-state index contributed by atoms with van der Waals surface area (Å²) in [5, 5.41) is 24.4. The molecule has 0 radical (unpaired) electrons. The number of benzene rings is 2. The Morgan fingerprint density at radius 1 is 1.32 bits per heavy atom. The Hall–Kier alpha value is -3.21. The van der Waals surface area contributed by atoms with Gasteiger partial charge in [-0.15, -0.1) is 19.6 Å². The molecule has 0 heterocycles. The number of carbonyl (C=O) groups is 1. The third-order valence-corrected chi connectivity index (χ3v) is 4.25. The van der Waals surface area contributed by atoms with Gasteiger partial charge in [-0.1, -0.05) is 11.6 Å². The van der Waals surface area contributed by atoms with E-state index in [9.17, 15) is 14.9 Å². The maximum atomic E-state index is 11.6. The maximum absolute atomic E-state index is 11.6. The van der Waals surface area contributed by atoms with E-state index >= 15 is 0 Å². The van der Waals surface area contributed by atoms with Gasteiger partial charge in [-0.05, 0) is 31.2 Å². The molecule has 0 fully saturated rings. The van der Waals surface area contributed by atoms with Crippen LogP contribution in [0.5, 0.6) is 0 Å². The number of non-ortho nitro benzene ring substituents is 1. The molecule has 0 saturated heterocycles. The van der Waals surface area contributed by atoms with Crippen LogP contribution in [0, 0.1) is 21.4 Å². The molecule has 0 spiro atoms. The van der Waals surface area contributed by atoms with Gasteiger partial charge in [0.2, 0.25) is 5.91 Å². The first kappa shape index (κ1) is 24.1. The first-order chi connectivity index (χ1) is 14.8. The molecule has 2 aromatic rings. The van der Waals surface area contributed by atoms with Crippen molar-refractivity contribution in [2.75, 3.05) is 16.8 Å². The minimum Gasteiger partial charge on any atom is -0.324 e. The van der Waals surface area contributed by atoms with Crippen LogP contribution in [0.4, 0.5) is 28.4 Å². The Morgan fingerprint density at radius 2 is 2.03 bits per heavy atom. The number of azo groups is 1. The highest BCUT2D eigenvalue weighted by atomic mass is 35.5. The number of nitrogens with zero attached hydrogens (tertiary/aromatic N) is 4. The number of hydrogen-bond donors (Lipinski definition) is 2. The normalized spacial score (nSPS) is 10.5. The van der Waals surface area contributed by atoms with Crippen LogP contribution >= 0.6 is 23.6 Å². The summed E-state index contributed by atoms with van der Waals surface area (Å²) < 4.78 is 4.43. The zero-order valence-electron chi connectivity index (χ0n) is 16.4. The number of carbonyl (C=O) groups excluding carboxylic acids is 1. The summed E-state index contributed by atoms with van der Waals surface area (Å²) in [5.41, 5.74) is 1.51. The molecule has 162 valence electrons. The van der Waals surface area contributed by atoms with Crippen molar-refractivity contribution in [3.63, 3.8) is 0 Å². The van der Waals surface area contributed by atoms with Crippen LogP contribution in [-0.2, 0) is 14.1 Å². The lowest BCUT2D eigenvalue weighted by Gasteiger charge is -2.17. The van der Waals surface area contributed by atoms with E-state index in [4.69, 9.17) is 17.5 Å². The fraction of sp³-hybridized carbons (Fsp3) is 0.167. The molecule has 31 heavy (non-hydrogen) atoms. The third-order valence-electron chi connectivity index (χ3n) is 3.62. The Bertz CT molecular complexity index is 1060. The summed E-state index contributed by atoms with van der Waals surface area (Å²) in [6.45, 7) is 3.79. The van der Waals surface area contributed by atoms with Crippen LogP contribution in [0.3, 0.4) is 0 Å². The van der Waals surface area contributed by atoms with E-state index in [2.05, 4.69) is 36.2 Å². The molecular formula is C18H17ClN6O5S. The van der Waals surface area contributed by atoms with Crippen LogP contribution in [0.25, 0.3) is 0 Å². The maximum Gasteiger partial charge on any atom is 0.271 e. The van der Waals surface area contributed by atoms with Gasteiger partial charge in [0.15, 0.2) is 0 Å². The minimum atomic E-state index is -0.559. The van der Waals surface area contributed by atoms with E-state index in [0.717, 1.165) is 0 Å². The van der Waals surface area contributed by atoms with Crippen LogP contribution in [0.1, 0.15) is 13.8 Å². The van der Waals surface area contributed by atoms with Gasteiger partial charge in [-0.3, -0.25) is 14.9 Å². The highest BCUT2D eigenvalue weighted by Crippen LogP contribution is 2.34. The number of hydrogen-bond acceptors (Lipinski definition) is 10. The van der Waals surface area contributed by atoms with E-state index < -0.39 is 4.92 Å². The number of nitro groups is 1. The zero-order chi connectivity index (χ0) is 22.8. The molecule has 0 aliphatic heterocycles. The second-order valence-electron chi connectivity index (χ2n) is 5.68. The van der Waals surface area contributed by atoms with Crippen molar-refractivity contribution in [2.24, 2.45) is 16.1 Å². The molecule has 0 bridgehead atoms. The van der Waals surface area contributed by atoms with Crippen molar-refractivity contribution < 1.29 is 19.0 Å². The number of anilines is 2. The summed E-state index contributed by atoms with van der Waals surface area (Å²) in [6.07, 6.45) is 0. The fourth-order valence-electron chi connectivity index (χ4n) is 2.30. The number of halogens is 1. The van der Waals surface area contributed by atoms with Crippen LogP contribution in [-0.4, -0.2) is 17.4 Å². The predicted octanol–water partition coefficient (Wildman–Crippen LogP) is 4.84. The number of nitro benzene ring substituents is 1. The molecule has 13 heteroatoms. The summed E-state index contributed by atoms with van der Waals surface area (Å²) in [6, 6.07) is 11.7. The highest BCUT2D eigenvalue weighted by molar-refractivity contribution is 7.99. The van der Waals surface area contributed by atoms with Crippen molar-refractivity contribution in [1.29, 1.82) is 0 Å². The molecule has 0 aliphatic rings. The van der Waals surface area contributed by atoms with Crippen molar-refractivity contribution >= 4 is 58.0 Å². The van der Waals surface area contributed by atoms with E-state index in [0.29, 0.717) is 35.6 Å². The molecule has 2 rings (SSSR count). The number of rotatable bonds is 8. The summed E-state index contributed by atoms with van der Waals surface area (Å²) in [4.78, 5) is 27.6. The van der Waals surface area contributed by atoms with Gasteiger partial charge in [-0.2, -0.15) is 5.90 Å². The Kier molecular flexibility index (Phi) is 9.19. The molecule has 0 unspecified atom stereocenters. The molecule has 0 aromatic heterocycles. The highest BCUT2D eigenvalue weighted by Gasteiger charge is 2.11. The third kappa shape index (κ3) is 7.21. The molecular weight excluding hydrogens is 448 g/mol. The lowest BCUT2D eigenvalue weighted by atomic mass is 10.2. The van der Waals surface area contributed by atoms with Gasteiger partial charge in [0.05, 0.1) is 21.3 Å². The van der Waals surface area contributed by atoms with Gasteiger partial charge in [0, 0.05) is 36.9 Å². The molecule has 0 aliphatic carbocycles. The molecule has 2 aromatic carbocycles. The second kappa shape index (κ2) is 11.8. The molecule has 1 amide bonds. The Morgan fingerprint density at radius 3 is 2.65 bits per heavy atom. The van der Waals surface area contributed by atoms with Crippen molar-refractivity contribution in [3.05, 3.63) is 51.5 Å². The lowest BCUT2D eigenvalue weighted by Crippen LogP contribution is -2.16. The average molecular weight is 465 g/mol.